The van der Waals surface area contributed by atoms with Gasteiger partial charge in [0.25, 0.3) is 0 Å². The number of nitrogens with one attached hydrogen (secondary N) is 1. The highest BCUT2D eigenvalue weighted by atomic mass is 79.9. The number of nitrogens with zero attached hydrogens (tertiary/aromatic N) is 3. The molecule has 1 saturated heterocycles. The van der Waals surface area contributed by atoms with Crippen LogP contribution in [0.25, 0.3) is 0 Å². The summed E-state index contributed by atoms with van der Waals surface area (Å²) in [5, 5.41) is 8.35. The molecule has 1 aliphatic heterocycles. The van der Waals surface area contributed by atoms with Crippen LogP contribution in [0.5, 0.6) is 0 Å². The van der Waals surface area contributed by atoms with Crippen LogP contribution in [0, 0.1) is 0 Å². The predicted molar refractivity (Wildman–Crippen MR) is 91.5 cm³/mol. The van der Waals surface area contributed by atoms with E-state index in [1.807, 2.05) is 11.7 Å². The van der Waals surface area contributed by atoms with Gasteiger partial charge in [-0.1, -0.05) is 13.8 Å². The molecule has 5 heteroatoms. The van der Waals surface area contributed by atoms with Gasteiger partial charge in [0.2, 0.25) is 0 Å². The van der Waals surface area contributed by atoms with E-state index in [1.54, 1.807) is 0 Å². The molecule has 0 amide bonds. The van der Waals surface area contributed by atoms with E-state index in [2.05, 4.69) is 65.9 Å². The van der Waals surface area contributed by atoms with E-state index in [9.17, 15) is 0 Å². The average Bonchev–Trinajstić information content (AvgIpc) is 2.71. The quantitative estimate of drug-likeness (QED) is 0.899. The lowest BCUT2D eigenvalue weighted by Gasteiger charge is -2.50. The fourth-order valence-corrected chi connectivity index (χ4v) is 3.65. The van der Waals surface area contributed by atoms with E-state index in [4.69, 9.17) is 0 Å². The molecule has 21 heavy (non-hydrogen) atoms. The topological polar surface area (TPSA) is 33.1 Å². The molecule has 1 aliphatic rings. The molecule has 1 aromatic heterocycles. The largest absolute Gasteiger partial charge is 0.308 e. The van der Waals surface area contributed by atoms with Crippen molar-refractivity contribution in [1.29, 1.82) is 0 Å². The van der Waals surface area contributed by atoms with E-state index in [1.165, 1.54) is 10.2 Å². The third-order valence-electron chi connectivity index (χ3n) is 4.97. The lowest BCUT2D eigenvalue weighted by atomic mass is 9.88. The predicted octanol–water partition coefficient (Wildman–Crippen LogP) is 3.10. The van der Waals surface area contributed by atoms with Crippen molar-refractivity contribution in [2.24, 2.45) is 7.05 Å². The Morgan fingerprint density at radius 2 is 1.95 bits per heavy atom. The Kier molecular flexibility index (Phi) is 4.86. The van der Waals surface area contributed by atoms with Gasteiger partial charge in [0.05, 0.1) is 15.9 Å². The lowest BCUT2D eigenvalue weighted by molar-refractivity contribution is 0.0227. The molecule has 2 heterocycles. The average molecular weight is 357 g/mol. The van der Waals surface area contributed by atoms with Crippen molar-refractivity contribution in [3.8, 4) is 0 Å². The van der Waals surface area contributed by atoms with Gasteiger partial charge in [0, 0.05) is 37.8 Å². The van der Waals surface area contributed by atoms with Gasteiger partial charge in [-0.05, 0) is 49.5 Å². The first-order valence-electron chi connectivity index (χ1n) is 7.93. The second-order valence-corrected chi connectivity index (χ2v) is 7.91. The molecule has 0 aliphatic carbocycles. The van der Waals surface area contributed by atoms with Gasteiger partial charge >= 0.3 is 0 Å². The van der Waals surface area contributed by atoms with Crippen LogP contribution >= 0.6 is 15.9 Å². The fraction of sp³-hybridized carbons (Fsp3) is 0.812. The second-order valence-electron chi connectivity index (χ2n) is 7.12. The number of halogens is 1. The summed E-state index contributed by atoms with van der Waals surface area (Å²) < 4.78 is 3.21. The number of piperazine rings is 1. The molecule has 1 N–H and O–H groups in total. The van der Waals surface area contributed by atoms with Crippen molar-refractivity contribution in [3.63, 3.8) is 0 Å². The molecule has 1 unspecified atom stereocenters. The van der Waals surface area contributed by atoms with Crippen LogP contribution in [-0.2, 0) is 20.0 Å². The number of aryl methyl sites for hydroxylation is 2. The minimum absolute atomic E-state index is 0.158. The van der Waals surface area contributed by atoms with Gasteiger partial charge in [-0.2, -0.15) is 5.10 Å². The first-order valence-corrected chi connectivity index (χ1v) is 8.72. The molecule has 0 spiro atoms. The zero-order valence-electron chi connectivity index (χ0n) is 14.3. The van der Waals surface area contributed by atoms with E-state index in [0.717, 1.165) is 38.2 Å². The zero-order valence-corrected chi connectivity index (χ0v) is 15.8. The molecule has 0 bridgehead atoms. The lowest BCUT2D eigenvalue weighted by Crippen LogP contribution is -2.66. The molecule has 0 aromatic carbocycles. The highest BCUT2D eigenvalue weighted by molar-refractivity contribution is 9.10. The molecular weight excluding hydrogens is 328 g/mol. The summed E-state index contributed by atoms with van der Waals surface area (Å²) in [5.74, 6) is 0. The van der Waals surface area contributed by atoms with Gasteiger partial charge < -0.3 is 5.32 Å². The van der Waals surface area contributed by atoms with Gasteiger partial charge in [-0.15, -0.1) is 0 Å². The second kappa shape index (κ2) is 6.01. The summed E-state index contributed by atoms with van der Waals surface area (Å²) in [6.45, 7) is 14.4. The van der Waals surface area contributed by atoms with Crippen LogP contribution < -0.4 is 5.32 Å². The third kappa shape index (κ3) is 3.35. The monoisotopic (exact) mass is 356 g/mol. The summed E-state index contributed by atoms with van der Waals surface area (Å²) in [4.78, 5) is 2.59. The maximum Gasteiger partial charge on any atom is 0.0767 e. The Hall–Kier alpha value is -0.390. The van der Waals surface area contributed by atoms with E-state index in [0.29, 0.717) is 0 Å². The zero-order chi connectivity index (χ0) is 15.8. The number of aromatic nitrogens is 2. The summed E-state index contributed by atoms with van der Waals surface area (Å²) in [5.41, 5.74) is 2.79. The van der Waals surface area contributed by atoms with Crippen molar-refractivity contribution < 1.29 is 0 Å². The molecule has 0 saturated carbocycles. The maximum absolute atomic E-state index is 4.63. The highest BCUT2D eigenvalue weighted by Gasteiger charge is 2.39. The summed E-state index contributed by atoms with van der Waals surface area (Å²) in [6, 6.07) is 0. The Balaban J connectivity index is 2.26. The van der Waals surface area contributed by atoms with Crippen molar-refractivity contribution in [3.05, 3.63) is 15.9 Å². The maximum atomic E-state index is 4.63. The number of hydrogen-bond donors (Lipinski definition) is 1. The van der Waals surface area contributed by atoms with Gasteiger partial charge in [-0.3, -0.25) is 9.58 Å². The van der Waals surface area contributed by atoms with Gasteiger partial charge in [0.1, 0.15) is 0 Å². The van der Waals surface area contributed by atoms with Gasteiger partial charge in [-0.25, -0.2) is 0 Å². The number of rotatable bonds is 4. The summed E-state index contributed by atoms with van der Waals surface area (Å²) in [6.07, 6.45) is 2.11. The van der Waals surface area contributed by atoms with Crippen LogP contribution in [-0.4, -0.2) is 38.8 Å². The van der Waals surface area contributed by atoms with E-state index < -0.39 is 0 Å². The summed E-state index contributed by atoms with van der Waals surface area (Å²) in [7, 11) is 2.05. The van der Waals surface area contributed by atoms with Crippen LogP contribution in [0.4, 0.5) is 0 Å². The first-order chi connectivity index (χ1) is 9.72. The Morgan fingerprint density at radius 3 is 2.48 bits per heavy atom. The fourth-order valence-electron chi connectivity index (χ4n) is 2.91. The molecular formula is C16H29BrN4. The Bertz CT molecular complexity index is 509. The minimum Gasteiger partial charge on any atom is -0.308 e. The molecule has 1 atom stereocenters. The highest BCUT2D eigenvalue weighted by Crippen LogP contribution is 2.30. The molecule has 0 radical (unpaired) electrons. The molecule has 1 aromatic rings. The van der Waals surface area contributed by atoms with E-state index >= 15 is 0 Å². The van der Waals surface area contributed by atoms with Crippen molar-refractivity contribution in [2.75, 3.05) is 13.1 Å². The Morgan fingerprint density at radius 1 is 1.29 bits per heavy atom. The van der Waals surface area contributed by atoms with Crippen molar-refractivity contribution >= 4 is 15.9 Å². The smallest absolute Gasteiger partial charge is 0.0767 e. The molecule has 120 valence electrons. The summed E-state index contributed by atoms with van der Waals surface area (Å²) >= 11 is 3.75. The Labute approximate surface area is 137 Å². The first kappa shape index (κ1) is 17.0. The van der Waals surface area contributed by atoms with E-state index in [-0.39, 0.29) is 11.1 Å². The standard InChI is InChI=1S/C16H29BrN4/c1-7-12-14(17)13(20(6)19-12)9-21-11-16(5,8-2)18-10-15(21,3)4/h18H,7-11H2,1-6H3. The number of hydrogen-bond acceptors (Lipinski definition) is 3. The van der Waals surface area contributed by atoms with Gasteiger partial charge in [0.15, 0.2) is 0 Å². The van der Waals surface area contributed by atoms with Crippen molar-refractivity contribution in [1.82, 2.24) is 20.0 Å². The molecule has 1 fully saturated rings. The SMILES string of the molecule is CCc1nn(C)c(CN2CC(C)(CC)NCC2(C)C)c1Br. The minimum atomic E-state index is 0.158. The van der Waals surface area contributed by atoms with Crippen molar-refractivity contribution in [2.45, 2.75) is 65.1 Å². The normalized spacial score (nSPS) is 26.2. The van der Waals surface area contributed by atoms with Crippen LogP contribution in [0.3, 0.4) is 0 Å². The van der Waals surface area contributed by atoms with Crippen LogP contribution in [0.2, 0.25) is 0 Å². The molecule has 2 rings (SSSR count). The molecule has 4 nitrogen and oxygen atoms in total. The van der Waals surface area contributed by atoms with Crippen LogP contribution in [0.1, 0.15) is 52.4 Å². The third-order valence-corrected chi connectivity index (χ3v) is 5.88. The van der Waals surface area contributed by atoms with Crippen LogP contribution in [0.15, 0.2) is 4.47 Å².